The van der Waals surface area contributed by atoms with Gasteiger partial charge in [-0.2, -0.15) is 13.2 Å². The van der Waals surface area contributed by atoms with Crippen LogP contribution in [0.1, 0.15) is 31.9 Å². The molecule has 0 bridgehead atoms. The van der Waals surface area contributed by atoms with E-state index in [2.05, 4.69) is 26.1 Å². The van der Waals surface area contributed by atoms with E-state index in [1.54, 1.807) is 19.2 Å². The Kier molecular flexibility index (Phi) is 5.08. The van der Waals surface area contributed by atoms with Gasteiger partial charge < -0.3 is 10.2 Å². The fourth-order valence-electron chi connectivity index (χ4n) is 2.21. The van der Waals surface area contributed by atoms with E-state index < -0.39 is 11.7 Å². The molecule has 0 radical (unpaired) electrons. The summed E-state index contributed by atoms with van der Waals surface area (Å²) in [6.07, 6.45) is -4.33. The van der Waals surface area contributed by atoms with E-state index in [9.17, 15) is 13.2 Å². The molecule has 20 heavy (non-hydrogen) atoms. The molecule has 0 unspecified atom stereocenters. The van der Waals surface area contributed by atoms with E-state index in [0.29, 0.717) is 12.2 Å². The molecule has 0 saturated carbocycles. The van der Waals surface area contributed by atoms with Gasteiger partial charge in [-0.3, -0.25) is 0 Å². The third kappa shape index (κ3) is 4.71. The molecule has 0 amide bonds. The molecule has 0 saturated heterocycles. The normalized spacial score (nSPS) is 12.6. The van der Waals surface area contributed by atoms with Crippen LogP contribution in [0.5, 0.6) is 0 Å². The third-order valence-corrected chi connectivity index (χ3v) is 2.92. The Morgan fingerprint density at radius 2 is 1.75 bits per heavy atom. The molecule has 0 aromatic heterocycles. The number of hydrogen-bond acceptors (Lipinski definition) is 2. The fraction of sp³-hybridized carbons (Fsp3) is 0.600. The maximum Gasteiger partial charge on any atom is 0.416 e. The van der Waals surface area contributed by atoms with Crippen LogP contribution in [-0.4, -0.2) is 20.6 Å². The number of halogens is 3. The molecule has 0 spiro atoms. The van der Waals surface area contributed by atoms with Crippen LogP contribution in [0.2, 0.25) is 0 Å². The fourth-order valence-corrected chi connectivity index (χ4v) is 2.21. The lowest BCUT2D eigenvalue weighted by molar-refractivity contribution is -0.138. The minimum absolute atomic E-state index is 0.0246. The highest BCUT2D eigenvalue weighted by Crippen LogP contribution is 2.35. The Balaban J connectivity index is 3.12. The predicted octanol–water partition coefficient (Wildman–Crippen LogP) is 3.91. The Hall–Kier alpha value is -1.23. The van der Waals surface area contributed by atoms with Gasteiger partial charge in [0.25, 0.3) is 0 Å². The van der Waals surface area contributed by atoms with Gasteiger partial charge in [0.2, 0.25) is 0 Å². The molecule has 0 aliphatic heterocycles. The van der Waals surface area contributed by atoms with Crippen molar-refractivity contribution in [3.05, 3.63) is 29.3 Å². The van der Waals surface area contributed by atoms with Crippen molar-refractivity contribution in [1.82, 2.24) is 5.32 Å². The minimum atomic E-state index is -4.33. The Morgan fingerprint density at radius 3 is 2.20 bits per heavy atom. The van der Waals surface area contributed by atoms with Crippen LogP contribution in [-0.2, 0) is 12.7 Å². The standard InChI is InChI=1S/C15H23F3N2/c1-14(2,3)10-20(5)12-7-6-11(9-19-4)13(8-12)15(16,17)18/h6-8,19H,9-10H2,1-5H3. The Labute approximate surface area is 119 Å². The van der Waals surface area contributed by atoms with Crippen LogP contribution < -0.4 is 10.2 Å². The summed E-state index contributed by atoms with van der Waals surface area (Å²) in [6.45, 7) is 7.07. The summed E-state index contributed by atoms with van der Waals surface area (Å²) in [6, 6.07) is 4.53. The average molecular weight is 288 g/mol. The molecule has 0 aliphatic rings. The van der Waals surface area contributed by atoms with Gasteiger partial charge in [-0.05, 0) is 30.2 Å². The van der Waals surface area contributed by atoms with Crippen LogP contribution in [0.3, 0.4) is 0 Å². The molecule has 1 aromatic rings. The van der Waals surface area contributed by atoms with Crippen molar-refractivity contribution in [2.75, 3.05) is 25.5 Å². The topological polar surface area (TPSA) is 15.3 Å². The Morgan fingerprint density at radius 1 is 1.15 bits per heavy atom. The van der Waals surface area contributed by atoms with E-state index in [0.717, 1.165) is 0 Å². The van der Waals surface area contributed by atoms with E-state index in [4.69, 9.17) is 0 Å². The van der Waals surface area contributed by atoms with Crippen molar-refractivity contribution in [3.8, 4) is 0 Å². The molecule has 5 heteroatoms. The average Bonchev–Trinajstić information content (AvgIpc) is 2.26. The lowest BCUT2D eigenvalue weighted by atomic mass is 9.95. The summed E-state index contributed by atoms with van der Waals surface area (Å²) >= 11 is 0. The van der Waals surface area contributed by atoms with Gasteiger partial charge in [0.1, 0.15) is 0 Å². The summed E-state index contributed by atoms with van der Waals surface area (Å²) in [7, 11) is 3.46. The van der Waals surface area contributed by atoms with Crippen LogP contribution in [0, 0.1) is 5.41 Å². The quantitative estimate of drug-likeness (QED) is 0.903. The molecular formula is C15H23F3N2. The van der Waals surface area contributed by atoms with Crippen molar-refractivity contribution in [2.45, 2.75) is 33.5 Å². The lowest BCUT2D eigenvalue weighted by Crippen LogP contribution is -2.29. The highest BCUT2D eigenvalue weighted by atomic mass is 19.4. The predicted molar refractivity (Wildman–Crippen MR) is 76.9 cm³/mol. The van der Waals surface area contributed by atoms with Crippen molar-refractivity contribution < 1.29 is 13.2 Å². The van der Waals surface area contributed by atoms with Crippen molar-refractivity contribution in [1.29, 1.82) is 0 Å². The minimum Gasteiger partial charge on any atom is -0.374 e. The monoisotopic (exact) mass is 288 g/mol. The molecular weight excluding hydrogens is 265 g/mol. The summed E-state index contributed by atoms with van der Waals surface area (Å²) in [5.74, 6) is 0. The second kappa shape index (κ2) is 6.04. The molecule has 114 valence electrons. The van der Waals surface area contributed by atoms with Crippen LogP contribution in [0.4, 0.5) is 18.9 Å². The smallest absolute Gasteiger partial charge is 0.374 e. The molecule has 0 heterocycles. The van der Waals surface area contributed by atoms with Gasteiger partial charge in [0, 0.05) is 25.8 Å². The summed E-state index contributed by atoms with van der Waals surface area (Å²) < 4.78 is 39.3. The first-order valence-electron chi connectivity index (χ1n) is 6.60. The SMILES string of the molecule is CNCc1ccc(N(C)CC(C)(C)C)cc1C(F)(F)F. The molecule has 1 N–H and O–H groups in total. The number of nitrogens with one attached hydrogen (secondary N) is 1. The summed E-state index contributed by atoms with van der Waals surface area (Å²) in [5.41, 5.74) is 0.321. The first-order chi connectivity index (χ1) is 9.04. The number of anilines is 1. The van der Waals surface area contributed by atoms with E-state index in [1.807, 2.05) is 11.9 Å². The number of rotatable bonds is 4. The van der Waals surface area contributed by atoms with Crippen molar-refractivity contribution in [3.63, 3.8) is 0 Å². The van der Waals surface area contributed by atoms with Gasteiger partial charge in [0.05, 0.1) is 5.56 Å². The Bertz CT molecular complexity index is 447. The maximum atomic E-state index is 13.1. The highest BCUT2D eigenvalue weighted by molar-refractivity contribution is 5.51. The number of hydrogen-bond donors (Lipinski definition) is 1. The van der Waals surface area contributed by atoms with Gasteiger partial charge in [-0.25, -0.2) is 0 Å². The number of benzene rings is 1. The van der Waals surface area contributed by atoms with Crippen LogP contribution >= 0.6 is 0 Å². The van der Waals surface area contributed by atoms with E-state index in [-0.39, 0.29) is 17.5 Å². The zero-order valence-electron chi connectivity index (χ0n) is 12.7. The van der Waals surface area contributed by atoms with Crippen molar-refractivity contribution in [2.24, 2.45) is 5.41 Å². The first kappa shape index (κ1) is 16.8. The molecule has 1 aromatic carbocycles. The zero-order chi connectivity index (χ0) is 15.6. The van der Waals surface area contributed by atoms with Crippen molar-refractivity contribution >= 4 is 5.69 Å². The second-order valence-corrected chi connectivity index (χ2v) is 6.29. The molecule has 0 atom stereocenters. The second-order valence-electron chi connectivity index (χ2n) is 6.29. The number of alkyl halides is 3. The van der Waals surface area contributed by atoms with Crippen LogP contribution in [0.15, 0.2) is 18.2 Å². The largest absolute Gasteiger partial charge is 0.416 e. The maximum absolute atomic E-state index is 13.1. The molecule has 0 fully saturated rings. The van der Waals surface area contributed by atoms with Gasteiger partial charge >= 0.3 is 6.18 Å². The van der Waals surface area contributed by atoms with Gasteiger partial charge in [-0.15, -0.1) is 0 Å². The summed E-state index contributed by atoms with van der Waals surface area (Å²) in [5, 5.41) is 2.77. The first-order valence-corrected chi connectivity index (χ1v) is 6.60. The third-order valence-electron chi connectivity index (χ3n) is 2.92. The molecule has 1 rings (SSSR count). The zero-order valence-corrected chi connectivity index (χ0v) is 12.7. The molecule has 0 aliphatic carbocycles. The van der Waals surface area contributed by atoms with Gasteiger partial charge in [0.15, 0.2) is 0 Å². The summed E-state index contributed by atoms with van der Waals surface area (Å²) in [4.78, 5) is 1.86. The lowest BCUT2D eigenvalue weighted by Gasteiger charge is -2.29. The highest BCUT2D eigenvalue weighted by Gasteiger charge is 2.33. The van der Waals surface area contributed by atoms with Crippen LogP contribution in [0.25, 0.3) is 0 Å². The van der Waals surface area contributed by atoms with Gasteiger partial charge in [-0.1, -0.05) is 26.8 Å². The van der Waals surface area contributed by atoms with E-state index in [1.165, 1.54) is 6.07 Å². The number of nitrogens with zero attached hydrogens (tertiary/aromatic N) is 1. The molecule has 2 nitrogen and oxygen atoms in total. The van der Waals surface area contributed by atoms with E-state index >= 15 is 0 Å².